The fourth-order valence-corrected chi connectivity index (χ4v) is 0.927. The van der Waals surface area contributed by atoms with Crippen LogP contribution in [0.1, 0.15) is 20.8 Å². The van der Waals surface area contributed by atoms with Crippen LogP contribution in [0, 0.1) is 10.1 Å². The van der Waals surface area contributed by atoms with Gasteiger partial charge in [-0.05, 0) is 26.8 Å². The van der Waals surface area contributed by atoms with E-state index >= 15 is 0 Å². The molecule has 0 spiro atoms. The second kappa shape index (κ2) is 4.27. The Bertz CT molecular complexity index is 358. The number of nitro benzene ring substituents is 1. The molecule has 0 atom stereocenters. The summed E-state index contributed by atoms with van der Waals surface area (Å²) in [5.41, 5.74) is 2.55. The van der Waals surface area contributed by atoms with E-state index in [-0.39, 0.29) is 5.69 Å². The van der Waals surface area contributed by atoms with Crippen LogP contribution in [0.2, 0.25) is 0 Å². The van der Waals surface area contributed by atoms with E-state index in [0.29, 0.717) is 5.69 Å². The highest BCUT2D eigenvalue weighted by atomic mass is 16.7. The Hall–Kier alpha value is -1.62. The van der Waals surface area contributed by atoms with E-state index in [9.17, 15) is 10.1 Å². The lowest BCUT2D eigenvalue weighted by Gasteiger charge is -2.19. The summed E-state index contributed by atoms with van der Waals surface area (Å²) in [5.74, 6) is 0. The van der Waals surface area contributed by atoms with Gasteiger partial charge in [0.15, 0.2) is 0 Å². The molecule has 0 saturated heterocycles. The average Bonchev–Trinajstić information content (AvgIpc) is 2.14. The Labute approximate surface area is 88.2 Å². The molecule has 0 aromatic heterocycles. The molecule has 0 aliphatic carbocycles. The molecule has 0 radical (unpaired) electrons. The van der Waals surface area contributed by atoms with E-state index in [0.717, 1.165) is 0 Å². The third kappa shape index (κ3) is 3.55. The van der Waals surface area contributed by atoms with Crippen LogP contribution in [0.15, 0.2) is 24.3 Å². The van der Waals surface area contributed by atoms with Crippen LogP contribution in [0.5, 0.6) is 0 Å². The van der Waals surface area contributed by atoms with Gasteiger partial charge in [0, 0.05) is 6.07 Å². The summed E-state index contributed by atoms with van der Waals surface area (Å²) in [6.07, 6.45) is 0. The van der Waals surface area contributed by atoms with E-state index in [1.807, 2.05) is 20.8 Å². The van der Waals surface area contributed by atoms with Crippen molar-refractivity contribution >= 4 is 11.4 Å². The van der Waals surface area contributed by atoms with E-state index < -0.39 is 10.5 Å². The van der Waals surface area contributed by atoms with Gasteiger partial charge in [0.05, 0.1) is 10.5 Å². The summed E-state index contributed by atoms with van der Waals surface area (Å²) >= 11 is 0. The van der Waals surface area contributed by atoms with E-state index in [1.165, 1.54) is 6.07 Å². The van der Waals surface area contributed by atoms with Crippen LogP contribution in [0.4, 0.5) is 11.4 Å². The Kier molecular flexibility index (Phi) is 3.26. The quantitative estimate of drug-likeness (QED) is 0.615. The number of nitrogens with one attached hydrogen (secondary N) is 1. The summed E-state index contributed by atoms with van der Waals surface area (Å²) in [7, 11) is 0. The fraction of sp³-hybridized carbons (Fsp3) is 0.400. The molecule has 0 aliphatic rings. The number of hydrogen-bond acceptors (Lipinski definition) is 4. The zero-order valence-corrected chi connectivity index (χ0v) is 8.98. The van der Waals surface area contributed by atoms with Crippen molar-refractivity contribution in [1.29, 1.82) is 0 Å². The second-order valence-electron chi connectivity index (χ2n) is 4.09. The topological polar surface area (TPSA) is 64.4 Å². The standard InChI is InChI=1S/C10H14N2O3/c1-10(2,3)15-11-8-6-4-5-7-9(8)12(13)14/h4-7,11H,1-3H3. The first-order chi connectivity index (χ1) is 6.90. The lowest BCUT2D eigenvalue weighted by Crippen LogP contribution is -2.23. The predicted molar refractivity (Wildman–Crippen MR) is 57.6 cm³/mol. The molecule has 0 aliphatic heterocycles. The molecule has 5 nitrogen and oxygen atoms in total. The number of benzene rings is 1. The van der Waals surface area contributed by atoms with Crippen LogP contribution < -0.4 is 5.48 Å². The van der Waals surface area contributed by atoms with Gasteiger partial charge in [-0.3, -0.25) is 20.4 Å². The molecule has 1 rings (SSSR count). The first-order valence-corrected chi connectivity index (χ1v) is 4.57. The smallest absolute Gasteiger partial charge is 0.270 e. The third-order valence-electron chi connectivity index (χ3n) is 1.57. The van der Waals surface area contributed by atoms with E-state index in [2.05, 4.69) is 5.48 Å². The monoisotopic (exact) mass is 210 g/mol. The molecule has 0 saturated carbocycles. The Morgan fingerprint density at radius 3 is 2.47 bits per heavy atom. The van der Waals surface area contributed by atoms with Crippen molar-refractivity contribution in [2.75, 3.05) is 5.48 Å². The van der Waals surface area contributed by atoms with Gasteiger partial charge in [-0.25, -0.2) is 0 Å². The SMILES string of the molecule is CC(C)(C)ONc1ccccc1[N+](=O)[O-]. The largest absolute Gasteiger partial charge is 0.294 e. The molecule has 1 N–H and O–H groups in total. The maximum Gasteiger partial charge on any atom is 0.294 e. The van der Waals surface area contributed by atoms with E-state index in [1.54, 1.807) is 18.2 Å². The highest BCUT2D eigenvalue weighted by molar-refractivity contribution is 5.59. The molecule has 1 aromatic carbocycles. The van der Waals surface area contributed by atoms with Gasteiger partial charge in [-0.15, -0.1) is 0 Å². The summed E-state index contributed by atoms with van der Waals surface area (Å²) in [6.45, 7) is 5.57. The molecule has 0 fully saturated rings. The van der Waals surface area contributed by atoms with Crippen molar-refractivity contribution in [2.24, 2.45) is 0 Å². The van der Waals surface area contributed by atoms with Crippen molar-refractivity contribution in [3.63, 3.8) is 0 Å². The second-order valence-corrected chi connectivity index (χ2v) is 4.09. The van der Waals surface area contributed by atoms with E-state index in [4.69, 9.17) is 4.84 Å². The summed E-state index contributed by atoms with van der Waals surface area (Å²) in [5, 5.41) is 10.7. The van der Waals surface area contributed by atoms with Crippen LogP contribution in [0.25, 0.3) is 0 Å². The highest BCUT2D eigenvalue weighted by Crippen LogP contribution is 2.24. The van der Waals surface area contributed by atoms with Crippen molar-refractivity contribution in [1.82, 2.24) is 0 Å². The molecule has 1 aromatic rings. The number of rotatable bonds is 3. The summed E-state index contributed by atoms with van der Waals surface area (Å²) in [6, 6.07) is 6.35. The van der Waals surface area contributed by atoms with Crippen LogP contribution in [-0.2, 0) is 4.84 Å². The summed E-state index contributed by atoms with van der Waals surface area (Å²) in [4.78, 5) is 15.5. The Morgan fingerprint density at radius 1 is 1.33 bits per heavy atom. The molecule has 0 amide bonds. The van der Waals surface area contributed by atoms with Gasteiger partial charge in [0.2, 0.25) is 0 Å². The Balaban J connectivity index is 2.81. The number of nitro groups is 1. The van der Waals surface area contributed by atoms with Crippen LogP contribution in [-0.4, -0.2) is 10.5 Å². The zero-order chi connectivity index (χ0) is 11.5. The van der Waals surface area contributed by atoms with Gasteiger partial charge in [-0.1, -0.05) is 12.1 Å². The van der Waals surface area contributed by atoms with Gasteiger partial charge >= 0.3 is 0 Å². The highest BCUT2D eigenvalue weighted by Gasteiger charge is 2.16. The van der Waals surface area contributed by atoms with Gasteiger partial charge in [-0.2, -0.15) is 0 Å². The molecular formula is C10H14N2O3. The Morgan fingerprint density at radius 2 is 1.93 bits per heavy atom. The number of anilines is 1. The minimum Gasteiger partial charge on any atom is -0.270 e. The molecule has 0 heterocycles. The number of para-hydroxylation sites is 2. The van der Waals surface area contributed by atoms with Crippen LogP contribution >= 0.6 is 0 Å². The maximum absolute atomic E-state index is 10.7. The predicted octanol–water partition coefficient (Wildman–Crippen LogP) is 2.74. The number of hydrogen-bond donors (Lipinski definition) is 1. The van der Waals surface area contributed by atoms with Crippen LogP contribution in [0.3, 0.4) is 0 Å². The molecule has 82 valence electrons. The van der Waals surface area contributed by atoms with Gasteiger partial charge in [0.1, 0.15) is 5.69 Å². The molecule has 0 bridgehead atoms. The van der Waals surface area contributed by atoms with Crippen molar-refractivity contribution < 1.29 is 9.76 Å². The van der Waals surface area contributed by atoms with Crippen molar-refractivity contribution in [2.45, 2.75) is 26.4 Å². The minimum absolute atomic E-state index is 0.00162. The normalized spacial score (nSPS) is 11.1. The molecule has 5 heteroatoms. The first kappa shape index (κ1) is 11.5. The minimum atomic E-state index is -0.450. The molecule has 0 unspecified atom stereocenters. The lowest BCUT2D eigenvalue weighted by atomic mass is 10.2. The fourth-order valence-electron chi connectivity index (χ4n) is 0.927. The average molecular weight is 210 g/mol. The molecular weight excluding hydrogens is 196 g/mol. The molecule has 15 heavy (non-hydrogen) atoms. The summed E-state index contributed by atoms with van der Waals surface area (Å²) < 4.78 is 0. The van der Waals surface area contributed by atoms with Gasteiger partial charge in [0.25, 0.3) is 5.69 Å². The lowest BCUT2D eigenvalue weighted by molar-refractivity contribution is -0.384. The zero-order valence-electron chi connectivity index (χ0n) is 8.98. The maximum atomic E-state index is 10.7. The third-order valence-corrected chi connectivity index (χ3v) is 1.57. The first-order valence-electron chi connectivity index (χ1n) is 4.57. The number of nitrogens with zero attached hydrogens (tertiary/aromatic N) is 1. The van der Waals surface area contributed by atoms with Crippen molar-refractivity contribution in [3.8, 4) is 0 Å². The van der Waals surface area contributed by atoms with Gasteiger partial charge < -0.3 is 0 Å². The van der Waals surface area contributed by atoms with Crippen molar-refractivity contribution in [3.05, 3.63) is 34.4 Å².